The number of benzene rings is 1. The van der Waals surface area contributed by atoms with Crippen molar-refractivity contribution in [1.29, 1.82) is 5.26 Å². The molecular formula is C8H5ClFN. The van der Waals surface area contributed by atoms with E-state index in [0.29, 0.717) is 0 Å². The molecule has 0 radical (unpaired) electrons. The lowest BCUT2D eigenvalue weighted by atomic mass is 10.1. The predicted octanol–water partition coefficient (Wildman–Crippen LogP) is 2.63. The second-order valence-electron chi connectivity index (χ2n) is 2.01. The molecule has 0 bridgehead atoms. The van der Waals surface area contributed by atoms with Gasteiger partial charge in [0, 0.05) is 5.56 Å². The van der Waals surface area contributed by atoms with Crippen molar-refractivity contribution in [3.8, 4) is 6.07 Å². The molecule has 1 aromatic carbocycles. The summed E-state index contributed by atoms with van der Waals surface area (Å²) in [6, 6.07) is 7.72. The van der Waals surface area contributed by atoms with Gasteiger partial charge in [0.15, 0.2) is 0 Å². The molecule has 0 fully saturated rings. The summed E-state index contributed by atoms with van der Waals surface area (Å²) in [4.78, 5) is 0. The van der Waals surface area contributed by atoms with Crippen LogP contribution >= 0.6 is 11.6 Å². The third-order valence-corrected chi connectivity index (χ3v) is 1.62. The van der Waals surface area contributed by atoms with Crippen molar-refractivity contribution < 1.29 is 4.39 Å². The van der Waals surface area contributed by atoms with Gasteiger partial charge in [0.1, 0.15) is 11.2 Å². The van der Waals surface area contributed by atoms with Gasteiger partial charge in [-0.2, -0.15) is 5.26 Å². The van der Waals surface area contributed by atoms with Crippen LogP contribution in [-0.2, 0) is 0 Å². The fourth-order valence-electron chi connectivity index (χ4n) is 0.750. The zero-order chi connectivity index (χ0) is 8.27. The maximum Gasteiger partial charge on any atom is 0.148 e. The van der Waals surface area contributed by atoms with Crippen molar-refractivity contribution in [2.45, 2.75) is 5.38 Å². The molecule has 0 aliphatic rings. The number of rotatable bonds is 1. The Balaban J connectivity index is 3.05. The molecule has 11 heavy (non-hydrogen) atoms. The van der Waals surface area contributed by atoms with Gasteiger partial charge in [0.25, 0.3) is 0 Å². The molecule has 0 heterocycles. The number of nitrogens with zero attached hydrogens (tertiary/aromatic N) is 1. The highest BCUT2D eigenvalue weighted by Crippen LogP contribution is 2.21. The lowest BCUT2D eigenvalue weighted by molar-refractivity contribution is 0.614. The standard InChI is InChI=1S/C8H5ClFN/c9-7(5-11)6-3-1-2-4-8(6)10/h1-4,7H/t7-/m0/s1. The highest BCUT2D eigenvalue weighted by atomic mass is 35.5. The number of hydrogen-bond donors (Lipinski definition) is 0. The SMILES string of the molecule is N#C[C@H](Cl)c1ccccc1F. The van der Waals surface area contributed by atoms with Crippen molar-refractivity contribution in [2.75, 3.05) is 0 Å². The van der Waals surface area contributed by atoms with Crippen LogP contribution in [0.1, 0.15) is 10.9 Å². The van der Waals surface area contributed by atoms with E-state index < -0.39 is 11.2 Å². The van der Waals surface area contributed by atoms with Gasteiger partial charge in [0.2, 0.25) is 0 Å². The summed E-state index contributed by atoms with van der Waals surface area (Å²) in [5.41, 5.74) is 0.233. The van der Waals surface area contributed by atoms with Crippen molar-refractivity contribution in [1.82, 2.24) is 0 Å². The Morgan fingerprint density at radius 2 is 2.09 bits per heavy atom. The largest absolute Gasteiger partial charge is 0.207 e. The summed E-state index contributed by atoms with van der Waals surface area (Å²) < 4.78 is 12.8. The van der Waals surface area contributed by atoms with E-state index in [0.717, 1.165) is 0 Å². The van der Waals surface area contributed by atoms with Gasteiger partial charge < -0.3 is 0 Å². The van der Waals surface area contributed by atoms with E-state index in [9.17, 15) is 4.39 Å². The first kappa shape index (κ1) is 8.03. The van der Waals surface area contributed by atoms with Gasteiger partial charge in [0.05, 0.1) is 6.07 Å². The van der Waals surface area contributed by atoms with Gasteiger partial charge in [-0.25, -0.2) is 4.39 Å². The van der Waals surface area contributed by atoms with Crippen LogP contribution in [0, 0.1) is 17.1 Å². The molecule has 0 aromatic heterocycles. The van der Waals surface area contributed by atoms with Crippen LogP contribution in [0.5, 0.6) is 0 Å². The van der Waals surface area contributed by atoms with Crippen LogP contribution in [0.2, 0.25) is 0 Å². The van der Waals surface area contributed by atoms with Crippen molar-refractivity contribution in [3.05, 3.63) is 35.6 Å². The topological polar surface area (TPSA) is 23.8 Å². The summed E-state index contributed by atoms with van der Waals surface area (Å²) in [5.74, 6) is -0.436. The van der Waals surface area contributed by atoms with Gasteiger partial charge in [-0.15, -0.1) is 11.6 Å². The predicted molar refractivity (Wildman–Crippen MR) is 40.6 cm³/mol. The third kappa shape index (κ3) is 1.69. The minimum Gasteiger partial charge on any atom is -0.207 e. The zero-order valence-corrected chi connectivity index (χ0v) is 6.35. The number of nitriles is 1. The maximum atomic E-state index is 12.8. The van der Waals surface area contributed by atoms with Gasteiger partial charge in [-0.05, 0) is 6.07 Å². The third-order valence-electron chi connectivity index (χ3n) is 1.29. The molecule has 1 atom stereocenters. The fourth-order valence-corrected chi connectivity index (χ4v) is 0.927. The van der Waals surface area contributed by atoms with Crippen molar-refractivity contribution in [3.63, 3.8) is 0 Å². The maximum absolute atomic E-state index is 12.8. The quantitative estimate of drug-likeness (QED) is 0.593. The molecule has 1 rings (SSSR count). The van der Waals surface area contributed by atoms with E-state index >= 15 is 0 Å². The molecule has 0 saturated heterocycles. The van der Waals surface area contributed by atoms with Crippen LogP contribution in [0.25, 0.3) is 0 Å². The minimum atomic E-state index is -0.892. The van der Waals surface area contributed by atoms with E-state index in [-0.39, 0.29) is 5.56 Å². The highest BCUT2D eigenvalue weighted by molar-refractivity contribution is 6.22. The fraction of sp³-hybridized carbons (Fsp3) is 0.125. The van der Waals surface area contributed by atoms with Crippen molar-refractivity contribution >= 4 is 11.6 Å². The monoisotopic (exact) mass is 169 g/mol. The highest BCUT2D eigenvalue weighted by Gasteiger charge is 2.09. The second kappa shape index (κ2) is 3.36. The van der Waals surface area contributed by atoms with E-state index in [1.54, 1.807) is 18.2 Å². The normalized spacial score (nSPS) is 12.1. The van der Waals surface area contributed by atoms with E-state index in [2.05, 4.69) is 0 Å². The average molecular weight is 170 g/mol. The number of alkyl halides is 1. The Hall–Kier alpha value is -1.07. The molecule has 0 saturated carbocycles. The summed E-state index contributed by atoms with van der Waals surface area (Å²) >= 11 is 5.49. The van der Waals surface area contributed by atoms with E-state index in [1.807, 2.05) is 0 Å². The van der Waals surface area contributed by atoms with Gasteiger partial charge in [-0.3, -0.25) is 0 Å². The van der Waals surface area contributed by atoms with Crippen LogP contribution in [0.15, 0.2) is 24.3 Å². The van der Waals surface area contributed by atoms with E-state index in [4.69, 9.17) is 16.9 Å². The molecule has 0 N–H and O–H groups in total. The smallest absolute Gasteiger partial charge is 0.148 e. The van der Waals surface area contributed by atoms with Crippen LogP contribution < -0.4 is 0 Å². The summed E-state index contributed by atoms with van der Waals surface area (Å²) in [6.07, 6.45) is 0. The molecule has 1 nitrogen and oxygen atoms in total. The molecule has 1 aromatic rings. The zero-order valence-electron chi connectivity index (χ0n) is 5.59. The molecule has 0 aliphatic heterocycles. The first-order valence-electron chi connectivity index (χ1n) is 3.04. The lowest BCUT2D eigenvalue weighted by Crippen LogP contribution is -1.90. The van der Waals surface area contributed by atoms with Gasteiger partial charge in [-0.1, -0.05) is 18.2 Å². The Labute approximate surface area is 69.0 Å². The Kier molecular flexibility index (Phi) is 2.45. The Morgan fingerprint density at radius 3 is 2.64 bits per heavy atom. The summed E-state index contributed by atoms with van der Waals surface area (Å²) in [6.45, 7) is 0. The summed E-state index contributed by atoms with van der Waals surface area (Å²) in [5, 5.41) is 7.47. The second-order valence-corrected chi connectivity index (χ2v) is 2.45. The van der Waals surface area contributed by atoms with Crippen LogP contribution in [0.4, 0.5) is 4.39 Å². The van der Waals surface area contributed by atoms with Crippen molar-refractivity contribution in [2.24, 2.45) is 0 Å². The minimum absolute atomic E-state index is 0.233. The lowest BCUT2D eigenvalue weighted by Gasteiger charge is -2.00. The van der Waals surface area contributed by atoms with Crippen LogP contribution in [-0.4, -0.2) is 0 Å². The number of hydrogen-bond acceptors (Lipinski definition) is 1. The molecular weight excluding hydrogens is 165 g/mol. The molecule has 0 aliphatic carbocycles. The number of halogens is 2. The van der Waals surface area contributed by atoms with Crippen LogP contribution in [0.3, 0.4) is 0 Å². The Morgan fingerprint density at radius 1 is 1.45 bits per heavy atom. The first-order chi connectivity index (χ1) is 5.25. The van der Waals surface area contributed by atoms with Gasteiger partial charge >= 0.3 is 0 Å². The molecule has 3 heteroatoms. The first-order valence-corrected chi connectivity index (χ1v) is 3.47. The summed E-state index contributed by atoms with van der Waals surface area (Å²) in [7, 11) is 0. The molecule has 0 unspecified atom stereocenters. The molecule has 0 spiro atoms. The molecule has 0 amide bonds. The average Bonchev–Trinajstić information content (AvgIpc) is 2.04. The van der Waals surface area contributed by atoms with E-state index in [1.165, 1.54) is 12.1 Å². The Bertz CT molecular complexity index is 292. The molecule has 56 valence electrons.